The lowest BCUT2D eigenvalue weighted by molar-refractivity contribution is -0.114. The molecular weight excluding hydrogens is 270 g/mol. The summed E-state index contributed by atoms with van der Waals surface area (Å²) in [6.07, 6.45) is 0. The molecule has 1 aliphatic carbocycles. The predicted octanol–water partition coefficient (Wildman–Crippen LogP) is 3.57. The number of benzene rings is 1. The summed E-state index contributed by atoms with van der Waals surface area (Å²) in [5.74, 6) is -0.275. The number of fused-ring (bicyclic) bond motifs is 3. The Hall–Kier alpha value is -1.65. The number of halogens is 1. The molecule has 0 unspecified atom stereocenters. The van der Waals surface area contributed by atoms with Gasteiger partial charge in [0.05, 0.1) is 11.3 Å². The van der Waals surface area contributed by atoms with E-state index in [0.29, 0.717) is 21.8 Å². The van der Waals surface area contributed by atoms with Crippen LogP contribution in [0.2, 0.25) is 5.02 Å². The number of nitrogens with one attached hydrogen (secondary N) is 1. The van der Waals surface area contributed by atoms with E-state index < -0.39 is 0 Å². The van der Waals surface area contributed by atoms with E-state index in [1.807, 2.05) is 10.8 Å². The molecule has 0 bridgehead atoms. The molecule has 1 aliphatic rings. The van der Waals surface area contributed by atoms with E-state index in [0.717, 1.165) is 11.1 Å². The Morgan fingerprint density at radius 1 is 1.22 bits per heavy atom. The summed E-state index contributed by atoms with van der Waals surface area (Å²) >= 11 is 7.52. The van der Waals surface area contributed by atoms with Crippen LogP contribution < -0.4 is 5.32 Å². The second-order valence-electron chi connectivity index (χ2n) is 4.09. The zero-order valence-electron chi connectivity index (χ0n) is 9.41. The van der Waals surface area contributed by atoms with Crippen LogP contribution in [0, 0.1) is 0 Å². The van der Waals surface area contributed by atoms with Gasteiger partial charge in [-0.25, -0.2) is 0 Å². The molecule has 0 spiro atoms. The van der Waals surface area contributed by atoms with E-state index in [4.69, 9.17) is 11.6 Å². The molecule has 0 atom stereocenters. The molecule has 0 aliphatic heterocycles. The molecule has 5 heteroatoms. The lowest BCUT2D eigenvalue weighted by atomic mass is 10.1. The normalized spacial score (nSPS) is 12.2. The predicted molar refractivity (Wildman–Crippen MR) is 72.5 cm³/mol. The SMILES string of the molecule is CC(=O)Nc1cc(Cl)cc2c1C(=O)c1cscc1-2. The Bertz CT molecular complexity index is 690. The molecule has 0 saturated heterocycles. The molecule has 1 heterocycles. The fraction of sp³-hybridized carbons (Fsp3) is 0.0769. The van der Waals surface area contributed by atoms with Gasteiger partial charge in [-0.15, -0.1) is 0 Å². The quantitative estimate of drug-likeness (QED) is 0.739. The van der Waals surface area contributed by atoms with Gasteiger partial charge in [0.2, 0.25) is 5.91 Å². The Morgan fingerprint density at radius 3 is 2.67 bits per heavy atom. The van der Waals surface area contributed by atoms with Gasteiger partial charge in [0.15, 0.2) is 5.78 Å². The first-order valence-corrected chi connectivity index (χ1v) is 6.62. The van der Waals surface area contributed by atoms with Crippen LogP contribution in [0.15, 0.2) is 22.9 Å². The third-order valence-electron chi connectivity index (χ3n) is 2.84. The van der Waals surface area contributed by atoms with Gasteiger partial charge < -0.3 is 5.32 Å². The molecule has 3 nitrogen and oxygen atoms in total. The smallest absolute Gasteiger partial charge is 0.221 e. The van der Waals surface area contributed by atoms with Gasteiger partial charge >= 0.3 is 0 Å². The van der Waals surface area contributed by atoms with Crippen molar-refractivity contribution in [3.63, 3.8) is 0 Å². The zero-order valence-corrected chi connectivity index (χ0v) is 11.0. The number of ketones is 1. The second kappa shape index (κ2) is 3.93. The maximum absolute atomic E-state index is 12.3. The average Bonchev–Trinajstić information content (AvgIpc) is 2.82. The van der Waals surface area contributed by atoms with Crippen LogP contribution in [0.3, 0.4) is 0 Å². The van der Waals surface area contributed by atoms with Crippen molar-refractivity contribution in [1.82, 2.24) is 0 Å². The summed E-state index contributed by atoms with van der Waals surface area (Å²) in [4.78, 5) is 23.5. The first-order valence-electron chi connectivity index (χ1n) is 5.30. The highest BCUT2D eigenvalue weighted by Crippen LogP contribution is 2.43. The highest BCUT2D eigenvalue weighted by Gasteiger charge is 2.30. The van der Waals surface area contributed by atoms with Crippen molar-refractivity contribution in [3.8, 4) is 11.1 Å². The molecule has 0 saturated carbocycles. The van der Waals surface area contributed by atoms with Crippen LogP contribution in [-0.2, 0) is 4.79 Å². The maximum Gasteiger partial charge on any atom is 0.221 e. The first-order chi connectivity index (χ1) is 8.58. The molecule has 1 aromatic carbocycles. The Balaban J connectivity index is 2.27. The minimum absolute atomic E-state index is 0.0540. The van der Waals surface area contributed by atoms with Crippen LogP contribution in [0.5, 0.6) is 0 Å². The number of amides is 1. The number of thiophene rings is 1. The third kappa shape index (κ3) is 1.57. The summed E-state index contributed by atoms with van der Waals surface area (Å²) in [5, 5.41) is 6.91. The van der Waals surface area contributed by atoms with Crippen molar-refractivity contribution < 1.29 is 9.59 Å². The van der Waals surface area contributed by atoms with Crippen molar-refractivity contribution in [2.75, 3.05) is 5.32 Å². The monoisotopic (exact) mass is 277 g/mol. The van der Waals surface area contributed by atoms with E-state index in [1.54, 1.807) is 12.1 Å². The second-order valence-corrected chi connectivity index (χ2v) is 5.27. The number of hydrogen-bond acceptors (Lipinski definition) is 3. The largest absolute Gasteiger partial charge is 0.326 e. The van der Waals surface area contributed by atoms with Gasteiger partial charge in [-0.05, 0) is 23.1 Å². The highest BCUT2D eigenvalue weighted by atomic mass is 35.5. The van der Waals surface area contributed by atoms with E-state index >= 15 is 0 Å². The Kier molecular flexibility index (Phi) is 2.50. The minimum Gasteiger partial charge on any atom is -0.326 e. The standard InChI is InChI=1S/C13H8ClNO2S/c1-6(16)15-11-3-7(14)2-8-9-4-18-5-10(9)13(17)12(8)11/h2-5H,1H3,(H,15,16). The van der Waals surface area contributed by atoms with E-state index in [2.05, 4.69) is 5.32 Å². The average molecular weight is 278 g/mol. The Labute approximate surface area is 112 Å². The summed E-state index contributed by atoms with van der Waals surface area (Å²) < 4.78 is 0. The van der Waals surface area contributed by atoms with Gasteiger partial charge in [-0.2, -0.15) is 11.3 Å². The number of carbonyl (C=O) groups excluding carboxylic acids is 2. The lowest BCUT2D eigenvalue weighted by Crippen LogP contribution is -2.10. The van der Waals surface area contributed by atoms with Crippen LogP contribution in [0.1, 0.15) is 22.8 Å². The number of carbonyl (C=O) groups is 2. The number of hydrogen-bond donors (Lipinski definition) is 1. The molecule has 0 radical (unpaired) electrons. The van der Waals surface area contributed by atoms with Crippen LogP contribution >= 0.6 is 22.9 Å². The molecule has 0 fully saturated rings. The van der Waals surface area contributed by atoms with Crippen molar-refractivity contribution in [3.05, 3.63) is 39.0 Å². The summed E-state index contributed by atoms with van der Waals surface area (Å²) in [6.45, 7) is 1.40. The molecule has 18 heavy (non-hydrogen) atoms. The van der Waals surface area contributed by atoms with Crippen LogP contribution in [0.4, 0.5) is 5.69 Å². The molecule has 1 N–H and O–H groups in total. The highest BCUT2D eigenvalue weighted by molar-refractivity contribution is 7.08. The topological polar surface area (TPSA) is 46.2 Å². The maximum atomic E-state index is 12.3. The first kappa shape index (κ1) is 11.4. The van der Waals surface area contributed by atoms with Crippen LogP contribution in [-0.4, -0.2) is 11.7 Å². The van der Waals surface area contributed by atoms with Crippen molar-refractivity contribution in [2.24, 2.45) is 0 Å². The van der Waals surface area contributed by atoms with Gasteiger partial charge in [0.1, 0.15) is 0 Å². The molecular formula is C13H8ClNO2S. The summed E-state index contributed by atoms with van der Waals surface area (Å²) in [5.41, 5.74) is 3.40. The van der Waals surface area contributed by atoms with E-state index in [9.17, 15) is 9.59 Å². The molecule has 1 aromatic heterocycles. The lowest BCUT2D eigenvalue weighted by Gasteiger charge is -2.09. The number of rotatable bonds is 1. The van der Waals surface area contributed by atoms with Gasteiger partial charge in [0, 0.05) is 28.5 Å². The fourth-order valence-corrected chi connectivity index (χ4v) is 3.21. The van der Waals surface area contributed by atoms with Gasteiger partial charge in [-0.3, -0.25) is 9.59 Å². The summed E-state index contributed by atoms with van der Waals surface area (Å²) in [7, 11) is 0. The zero-order chi connectivity index (χ0) is 12.9. The molecule has 90 valence electrons. The van der Waals surface area contributed by atoms with E-state index in [1.165, 1.54) is 18.3 Å². The Morgan fingerprint density at radius 2 is 1.94 bits per heavy atom. The fourth-order valence-electron chi connectivity index (χ4n) is 2.17. The van der Waals surface area contributed by atoms with Crippen LogP contribution in [0.25, 0.3) is 11.1 Å². The van der Waals surface area contributed by atoms with E-state index in [-0.39, 0.29) is 11.7 Å². The minimum atomic E-state index is -0.221. The van der Waals surface area contributed by atoms with Crippen molar-refractivity contribution in [1.29, 1.82) is 0 Å². The number of anilines is 1. The van der Waals surface area contributed by atoms with Gasteiger partial charge in [-0.1, -0.05) is 11.6 Å². The molecule has 3 rings (SSSR count). The van der Waals surface area contributed by atoms with Crippen molar-refractivity contribution in [2.45, 2.75) is 6.92 Å². The molecule has 1 amide bonds. The molecule has 2 aromatic rings. The summed E-state index contributed by atoms with van der Waals surface area (Å²) in [6, 6.07) is 3.37. The van der Waals surface area contributed by atoms with Gasteiger partial charge in [0.25, 0.3) is 0 Å². The third-order valence-corrected chi connectivity index (χ3v) is 3.80. The van der Waals surface area contributed by atoms with Crippen molar-refractivity contribution >= 4 is 40.3 Å².